The van der Waals surface area contributed by atoms with Crippen LogP contribution in [0.5, 0.6) is 17.2 Å². The lowest BCUT2D eigenvalue weighted by atomic mass is 10.1. The molecule has 0 heterocycles. The van der Waals surface area contributed by atoms with E-state index in [1.807, 2.05) is 31.0 Å². The van der Waals surface area contributed by atoms with Gasteiger partial charge in [-0.05, 0) is 6.92 Å². The Morgan fingerprint density at radius 2 is 1.68 bits per heavy atom. The molecule has 1 rings (SSSR count). The molecule has 1 unspecified atom stereocenters. The van der Waals surface area contributed by atoms with Gasteiger partial charge in [0, 0.05) is 30.9 Å². The topological polar surface area (TPSA) is 54.7 Å². The molecule has 1 aromatic rings. The number of nitrogens with zero attached hydrogens (tertiary/aromatic N) is 2. The van der Waals surface area contributed by atoms with E-state index in [4.69, 9.17) is 19.5 Å². The summed E-state index contributed by atoms with van der Waals surface area (Å²) in [7, 11) is 6.67. The van der Waals surface area contributed by atoms with E-state index in [0.29, 0.717) is 23.7 Å². The molecule has 104 valence electrons. The van der Waals surface area contributed by atoms with Gasteiger partial charge in [-0.25, -0.2) is 0 Å². The average molecular weight is 264 g/mol. The van der Waals surface area contributed by atoms with Crippen molar-refractivity contribution in [2.24, 2.45) is 0 Å². The van der Waals surface area contributed by atoms with Crippen LogP contribution in [0.15, 0.2) is 12.1 Å². The molecule has 5 heteroatoms. The summed E-state index contributed by atoms with van der Waals surface area (Å²) < 4.78 is 15.9. The summed E-state index contributed by atoms with van der Waals surface area (Å²) in [6, 6.07) is 6.01. The maximum Gasteiger partial charge on any atom is 0.203 e. The van der Waals surface area contributed by atoms with Gasteiger partial charge in [0.2, 0.25) is 5.75 Å². The molecule has 0 radical (unpaired) electrons. The lowest BCUT2D eigenvalue weighted by Crippen LogP contribution is -2.28. The predicted molar refractivity (Wildman–Crippen MR) is 74.2 cm³/mol. The number of hydrogen-bond acceptors (Lipinski definition) is 5. The van der Waals surface area contributed by atoms with Crippen LogP contribution >= 0.6 is 0 Å². The summed E-state index contributed by atoms with van der Waals surface area (Å²) in [6.45, 7) is 1.99. The summed E-state index contributed by atoms with van der Waals surface area (Å²) in [6.07, 6.45) is 0.452. The summed E-state index contributed by atoms with van der Waals surface area (Å²) >= 11 is 0. The first kappa shape index (κ1) is 15.0. The first-order valence-corrected chi connectivity index (χ1v) is 5.98. The minimum Gasteiger partial charge on any atom is -0.493 e. The van der Waals surface area contributed by atoms with Gasteiger partial charge in [0.1, 0.15) is 0 Å². The number of methoxy groups -OCH3 is 3. The highest BCUT2D eigenvalue weighted by atomic mass is 16.5. The molecular weight excluding hydrogens is 244 g/mol. The minimum atomic E-state index is 0.104. The Hall–Kier alpha value is -2.09. The zero-order valence-corrected chi connectivity index (χ0v) is 12.1. The second kappa shape index (κ2) is 6.74. The summed E-state index contributed by atoms with van der Waals surface area (Å²) in [5.41, 5.74) is 0.914. The average Bonchev–Trinajstić information content (AvgIpc) is 2.44. The van der Waals surface area contributed by atoms with E-state index in [0.717, 1.165) is 5.69 Å². The maximum atomic E-state index is 8.77. The summed E-state index contributed by atoms with van der Waals surface area (Å²) in [5, 5.41) is 8.77. The van der Waals surface area contributed by atoms with E-state index in [-0.39, 0.29) is 6.04 Å². The lowest BCUT2D eigenvalue weighted by molar-refractivity contribution is 0.324. The molecule has 0 saturated heterocycles. The van der Waals surface area contributed by atoms with Gasteiger partial charge in [-0.1, -0.05) is 0 Å². The van der Waals surface area contributed by atoms with Gasteiger partial charge < -0.3 is 19.1 Å². The fourth-order valence-electron chi connectivity index (χ4n) is 1.79. The van der Waals surface area contributed by atoms with Gasteiger partial charge in [-0.3, -0.25) is 0 Å². The van der Waals surface area contributed by atoms with Crippen molar-refractivity contribution < 1.29 is 14.2 Å². The van der Waals surface area contributed by atoms with Crippen molar-refractivity contribution in [3.8, 4) is 23.3 Å². The quantitative estimate of drug-likeness (QED) is 0.790. The molecule has 0 N–H and O–H groups in total. The highest BCUT2D eigenvalue weighted by Gasteiger charge is 2.17. The Bertz CT molecular complexity index is 443. The van der Waals surface area contributed by atoms with E-state index < -0.39 is 0 Å². The molecule has 1 aromatic carbocycles. The highest BCUT2D eigenvalue weighted by Crippen LogP contribution is 2.41. The molecular formula is C14H20N2O3. The Morgan fingerprint density at radius 3 is 2.05 bits per heavy atom. The molecule has 0 amide bonds. The van der Waals surface area contributed by atoms with Crippen LogP contribution in [-0.2, 0) is 0 Å². The first-order chi connectivity index (χ1) is 9.08. The van der Waals surface area contributed by atoms with Crippen LogP contribution in [0.25, 0.3) is 0 Å². The predicted octanol–water partition coefficient (Wildman–Crippen LogP) is 2.45. The van der Waals surface area contributed by atoms with Gasteiger partial charge in [0.05, 0.1) is 33.8 Å². The third-order valence-electron chi connectivity index (χ3n) is 3.10. The van der Waals surface area contributed by atoms with Gasteiger partial charge >= 0.3 is 0 Å². The Kier molecular flexibility index (Phi) is 5.31. The summed E-state index contributed by atoms with van der Waals surface area (Å²) in [5.74, 6) is 1.77. The standard InChI is InChI=1S/C14H20N2O3/c1-10(6-7-15)16(2)11-8-12(17-3)14(19-5)13(9-11)18-4/h8-10H,6H2,1-5H3. The first-order valence-electron chi connectivity index (χ1n) is 5.98. The Labute approximate surface area is 114 Å². The SMILES string of the molecule is COc1cc(N(C)C(C)CC#N)cc(OC)c1OC. The van der Waals surface area contributed by atoms with Crippen LogP contribution in [0.2, 0.25) is 0 Å². The monoisotopic (exact) mass is 264 g/mol. The van der Waals surface area contributed by atoms with Gasteiger partial charge in [-0.2, -0.15) is 5.26 Å². The van der Waals surface area contributed by atoms with Crippen LogP contribution < -0.4 is 19.1 Å². The highest BCUT2D eigenvalue weighted by molar-refractivity contribution is 5.63. The van der Waals surface area contributed by atoms with Crippen molar-refractivity contribution in [3.05, 3.63) is 12.1 Å². The Balaban J connectivity index is 3.19. The van der Waals surface area contributed by atoms with Gasteiger partial charge in [0.25, 0.3) is 0 Å². The van der Waals surface area contributed by atoms with Crippen LogP contribution in [0.4, 0.5) is 5.69 Å². The van der Waals surface area contributed by atoms with Crippen molar-refractivity contribution in [3.63, 3.8) is 0 Å². The molecule has 0 aromatic heterocycles. The van der Waals surface area contributed by atoms with Crippen molar-refractivity contribution in [1.82, 2.24) is 0 Å². The number of hydrogen-bond donors (Lipinski definition) is 0. The molecule has 0 bridgehead atoms. The van der Waals surface area contributed by atoms with Gasteiger partial charge in [-0.15, -0.1) is 0 Å². The molecule has 0 spiro atoms. The van der Waals surface area contributed by atoms with Crippen LogP contribution in [0.1, 0.15) is 13.3 Å². The van der Waals surface area contributed by atoms with E-state index in [1.165, 1.54) is 0 Å². The third-order valence-corrected chi connectivity index (χ3v) is 3.10. The lowest BCUT2D eigenvalue weighted by Gasteiger charge is -2.26. The van der Waals surface area contributed by atoms with Crippen LogP contribution in [-0.4, -0.2) is 34.4 Å². The maximum absolute atomic E-state index is 8.77. The molecule has 0 aliphatic carbocycles. The minimum absolute atomic E-state index is 0.104. The normalized spacial score (nSPS) is 11.4. The second-order valence-electron chi connectivity index (χ2n) is 4.21. The van der Waals surface area contributed by atoms with E-state index in [1.54, 1.807) is 21.3 Å². The number of benzene rings is 1. The van der Waals surface area contributed by atoms with E-state index in [9.17, 15) is 0 Å². The molecule has 0 fully saturated rings. The molecule has 0 aliphatic heterocycles. The fourth-order valence-corrected chi connectivity index (χ4v) is 1.79. The number of ether oxygens (including phenoxy) is 3. The van der Waals surface area contributed by atoms with Crippen molar-refractivity contribution in [2.75, 3.05) is 33.3 Å². The third kappa shape index (κ3) is 3.22. The smallest absolute Gasteiger partial charge is 0.203 e. The fraction of sp³-hybridized carbons (Fsp3) is 0.500. The number of rotatable bonds is 6. The summed E-state index contributed by atoms with van der Waals surface area (Å²) in [4.78, 5) is 2.01. The largest absolute Gasteiger partial charge is 0.493 e. The van der Waals surface area contributed by atoms with E-state index >= 15 is 0 Å². The number of nitriles is 1. The van der Waals surface area contributed by atoms with Gasteiger partial charge in [0.15, 0.2) is 11.5 Å². The Morgan fingerprint density at radius 1 is 1.16 bits per heavy atom. The molecule has 0 saturated carbocycles. The van der Waals surface area contributed by atoms with Crippen molar-refractivity contribution >= 4 is 5.69 Å². The molecule has 19 heavy (non-hydrogen) atoms. The molecule has 0 aliphatic rings. The van der Waals surface area contributed by atoms with Crippen molar-refractivity contribution in [2.45, 2.75) is 19.4 Å². The number of anilines is 1. The zero-order chi connectivity index (χ0) is 14.4. The zero-order valence-electron chi connectivity index (χ0n) is 12.1. The van der Waals surface area contributed by atoms with E-state index in [2.05, 4.69) is 6.07 Å². The van der Waals surface area contributed by atoms with Crippen LogP contribution in [0.3, 0.4) is 0 Å². The second-order valence-corrected chi connectivity index (χ2v) is 4.21. The van der Waals surface area contributed by atoms with Crippen LogP contribution in [0, 0.1) is 11.3 Å². The molecule has 1 atom stereocenters. The molecule has 5 nitrogen and oxygen atoms in total. The van der Waals surface area contributed by atoms with Crippen molar-refractivity contribution in [1.29, 1.82) is 5.26 Å².